The third kappa shape index (κ3) is 1.58. The lowest BCUT2D eigenvalue weighted by atomic mass is 9.40. The summed E-state index contributed by atoms with van der Waals surface area (Å²) in [7, 11) is 0. The molecule has 0 spiro atoms. The number of fused-ring (bicyclic) bond motifs is 1. The molecule has 4 amide bonds. The number of hydrogen-bond donors (Lipinski definition) is 0. The molecule has 0 unspecified atom stereocenters. The highest BCUT2D eigenvalue weighted by atomic mass is 16.2. The van der Waals surface area contributed by atoms with Gasteiger partial charge in [-0.2, -0.15) is 10.0 Å². The number of carbonyl (C=O) groups is 4. The van der Waals surface area contributed by atoms with Gasteiger partial charge in [0.15, 0.2) is 0 Å². The Labute approximate surface area is 168 Å². The van der Waals surface area contributed by atoms with Crippen LogP contribution in [0.5, 0.6) is 0 Å². The molecule has 2 bridgehead atoms. The Bertz CT molecular complexity index is 1100. The Morgan fingerprint density at radius 1 is 0.533 bits per heavy atom. The van der Waals surface area contributed by atoms with E-state index in [9.17, 15) is 19.2 Å². The van der Waals surface area contributed by atoms with Gasteiger partial charge in [0.2, 0.25) is 0 Å². The number of allylic oxidation sites excluding steroid dienone is 2. The summed E-state index contributed by atoms with van der Waals surface area (Å²) >= 11 is 0. The molecule has 0 aromatic carbocycles. The summed E-state index contributed by atoms with van der Waals surface area (Å²) < 4.78 is 2.60. The first-order valence-corrected chi connectivity index (χ1v) is 9.73. The lowest BCUT2D eigenvalue weighted by molar-refractivity contribution is -0.166. The molecule has 2 saturated carbocycles. The molecule has 12 nitrogen and oxygen atoms in total. The van der Waals surface area contributed by atoms with Crippen LogP contribution in [0.4, 0.5) is 0 Å². The van der Waals surface area contributed by atoms with Crippen molar-refractivity contribution in [2.24, 2.45) is 47.3 Å². The fourth-order valence-corrected chi connectivity index (χ4v) is 6.62. The van der Waals surface area contributed by atoms with E-state index in [1.54, 1.807) is 0 Å². The molecule has 2 aromatic rings. The standard InChI is InChI=1S/C18H14N8O4/c27-15-11-7-1-2-8(12(11)16(28)25(15)23-3-19-20-4-23)10-9(7)13-14(10)18(30)26(17(13)29)24-5-21-22-6-24/h1-14H/t7-,8+,9-,10-,11+,12-,13+,14-/m0/s1. The van der Waals surface area contributed by atoms with Crippen LogP contribution in [0.2, 0.25) is 0 Å². The Morgan fingerprint density at radius 2 is 0.867 bits per heavy atom. The van der Waals surface area contributed by atoms with Gasteiger partial charge in [0.25, 0.3) is 23.6 Å². The number of nitrogens with zero attached hydrogens (tertiary/aromatic N) is 8. The van der Waals surface area contributed by atoms with E-state index in [1.165, 1.54) is 34.7 Å². The van der Waals surface area contributed by atoms with Gasteiger partial charge >= 0.3 is 0 Å². The maximum absolute atomic E-state index is 13.2. The molecular formula is C18H14N8O4. The minimum atomic E-state index is -0.538. The van der Waals surface area contributed by atoms with E-state index < -0.39 is 23.7 Å². The molecule has 2 saturated heterocycles. The molecule has 8 rings (SSSR count). The average molecular weight is 406 g/mol. The minimum Gasteiger partial charge on any atom is -0.272 e. The molecule has 150 valence electrons. The molecule has 0 radical (unpaired) electrons. The van der Waals surface area contributed by atoms with Gasteiger partial charge in [-0.3, -0.25) is 19.2 Å². The molecular weight excluding hydrogens is 392 g/mol. The van der Waals surface area contributed by atoms with E-state index in [-0.39, 0.29) is 47.3 Å². The predicted octanol–water partition coefficient (Wildman–Crippen LogP) is -1.89. The number of amides is 4. The summed E-state index contributed by atoms with van der Waals surface area (Å²) in [5, 5.41) is 16.9. The Morgan fingerprint density at radius 3 is 1.23 bits per heavy atom. The summed E-state index contributed by atoms with van der Waals surface area (Å²) in [6.07, 6.45) is 9.18. The van der Waals surface area contributed by atoms with Gasteiger partial charge in [-0.05, 0) is 23.7 Å². The van der Waals surface area contributed by atoms with E-state index in [1.807, 2.05) is 12.2 Å². The highest BCUT2D eigenvalue weighted by Crippen LogP contribution is 2.67. The Balaban J connectivity index is 1.29. The van der Waals surface area contributed by atoms with Crippen molar-refractivity contribution < 1.29 is 19.2 Å². The summed E-state index contributed by atoms with van der Waals surface area (Å²) in [6, 6.07) is 0. The summed E-state index contributed by atoms with van der Waals surface area (Å²) in [4.78, 5) is 52.7. The largest absolute Gasteiger partial charge is 0.272 e. The summed E-state index contributed by atoms with van der Waals surface area (Å²) in [5.74, 6) is -4.06. The maximum Gasteiger partial charge on any atom is 0.253 e. The van der Waals surface area contributed by atoms with E-state index in [4.69, 9.17) is 0 Å². The zero-order valence-electron chi connectivity index (χ0n) is 15.3. The lowest BCUT2D eigenvalue weighted by Crippen LogP contribution is -2.63. The zero-order chi connectivity index (χ0) is 20.3. The van der Waals surface area contributed by atoms with E-state index in [0.29, 0.717) is 0 Å². The van der Waals surface area contributed by atoms with Crippen LogP contribution in [0.3, 0.4) is 0 Å². The molecule has 8 atom stereocenters. The fraction of sp³-hybridized carbons (Fsp3) is 0.444. The van der Waals surface area contributed by atoms with Gasteiger partial charge in [-0.1, -0.05) is 12.2 Å². The number of hydrogen-bond acceptors (Lipinski definition) is 8. The molecule has 4 fully saturated rings. The van der Waals surface area contributed by atoms with Gasteiger partial charge in [0.1, 0.15) is 25.3 Å². The topological polar surface area (TPSA) is 136 Å². The van der Waals surface area contributed by atoms with Crippen molar-refractivity contribution in [3.63, 3.8) is 0 Å². The molecule has 4 aliphatic carbocycles. The lowest BCUT2D eigenvalue weighted by Gasteiger charge is -2.60. The van der Waals surface area contributed by atoms with Gasteiger partial charge in [-0.15, -0.1) is 20.4 Å². The van der Waals surface area contributed by atoms with E-state index in [2.05, 4.69) is 20.4 Å². The first kappa shape index (κ1) is 16.1. The van der Waals surface area contributed by atoms with E-state index >= 15 is 0 Å². The monoisotopic (exact) mass is 406 g/mol. The minimum absolute atomic E-state index is 0.137. The maximum atomic E-state index is 13.2. The van der Waals surface area contributed by atoms with Crippen LogP contribution < -0.4 is 10.0 Å². The van der Waals surface area contributed by atoms with Crippen LogP contribution in [0.15, 0.2) is 37.5 Å². The smallest absolute Gasteiger partial charge is 0.253 e. The second-order valence-electron chi connectivity index (χ2n) is 8.46. The number of carbonyl (C=O) groups excluding carboxylic acids is 4. The van der Waals surface area contributed by atoms with Crippen LogP contribution in [0.25, 0.3) is 0 Å². The van der Waals surface area contributed by atoms with Crippen molar-refractivity contribution in [3.05, 3.63) is 37.5 Å². The summed E-state index contributed by atoms with van der Waals surface area (Å²) in [6.45, 7) is 0. The van der Waals surface area contributed by atoms with Gasteiger partial charge < -0.3 is 0 Å². The molecule has 2 aromatic heterocycles. The van der Waals surface area contributed by atoms with Crippen LogP contribution in [-0.2, 0) is 19.2 Å². The SMILES string of the molecule is O=C1[C@@H]2[C@H]3C=C[C@@H]([C@@H]2C(=O)N1n1cnnc1)[C@@H]1[C@@H]2C(=O)N(n4cnnc4)C(=O)[C@@H]2[C@@H]31. The number of rotatable bonds is 2. The molecule has 12 heteroatoms. The van der Waals surface area contributed by atoms with Crippen LogP contribution in [-0.4, -0.2) is 53.4 Å². The Kier molecular flexibility index (Phi) is 2.73. The van der Waals surface area contributed by atoms with E-state index in [0.717, 1.165) is 10.0 Å². The number of imide groups is 2. The second-order valence-corrected chi connectivity index (χ2v) is 8.46. The molecule has 6 aliphatic rings. The fourth-order valence-electron chi connectivity index (χ4n) is 6.62. The first-order chi connectivity index (χ1) is 14.6. The second kappa shape index (κ2) is 5.07. The summed E-state index contributed by atoms with van der Waals surface area (Å²) in [5.41, 5.74) is 0. The van der Waals surface area contributed by atoms with Gasteiger partial charge in [0.05, 0.1) is 23.7 Å². The van der Waals surface area contributed by atoms with Crippen molar-refractivity contribution in [1.29, 1.82) is 0 Å². The zero-order valence-corrected chi connectivity index (χ0v) is 15.3. The van der Waals surface area contributed by atoms with Crippen LogP contribution in [0.1, 0.15) is 0 Å². The predicted molar refractivity (Wildman–Crippen MR) is 93.6 cm³/mol. The number of aromatic nitrogens is 6. The average Bonchev–Trinajstić information content (AvgIpc) is 3.47. The van der Waals surface area contributed by atoms with Crippen LogP contribution >= 0.6 is 0 Å². The third-order valence-corrected chi connectivity index (χ3v) is 7.57. The molecule has 2 aliphatic heterocycles. The van der Waals surface area contributed by atoms with Crippen molar-refractivity contribution >= 4 is 23.6 Å². The normalized spacial score (nSPS) is 40.7. The van der Waals surface area contributed by atoms with Crippen molar-refractivity contribution in [1.82, 2.24) is 29.7 Å². The van der Waals surface area contributed by atoms with Crippen molar-refractivity contribution in [2.45, 2.75) is 0 Å². The van der Waals surface area contributed by atoms with Crippen LogP contribution in [0, 0.1) is 47.3 Å². The molecule has 30 heavy (non-hydrogen) atoms. The van der Waals surface area contributed by atoms with Gasteiger partial charge in [-0.25, -0.2) is 9.35 Å². The van der Waals surface area contributed by atoms with Gasteiger partial charge in [0, 0.05) is 0 Å². The van der Waals surface area contributed by atoms with Crippen molar-refractivity contribution in [3.8, 4) is 0 Å². The molecule has 4 heterocycles. The quantitative estimate of drug-likeness (QED) is 0.417. The third-order valence-electron chi connectivity index (χ3n) is 7.57. The highest BCUT2D eigenvalue weighted by Gasteiger charge is 2.75. The highest BCUT2D eigenvalue weighted by molar-refractivity contribution is 6.20. The Hall–Kier alpha value is -3.70. The molecule has 0 N–H and O–H groups in total. The van der Waals surface area contributed by atoms with Crippen molar-refractivity contribution in [2.75, 3.05) is 10.0 Å². The first-order valence-electron chi connectivity index (χ1n) is 9.73.